The van der Waals surface area contributed by atoms with Gasteiger partial charge in [-0.3, -0.25) is 11.3 Å². The molecule has 0 aromatic carbocycles. The van der Waals surface area contributed by atoms with Crippen LogP contribution in [0.5, 0.6) is 0 Å². The third kappa shape index (κ3) is 10.2. The van der Waals surface area contributed by atoms with Crippen LogP contribution in [0, 0.1) is 0 Å². The second-order valence-electron chi connectivity index (χ2n) is 5.14. The van der Waals surface area contributed by atoms with Crippen molar-refractivity contribution in [2.24, 2.45) is 5.84 Å². The maximum atomic E-state index is 5.70. The fourth-order valence-corrected chi connectivity index (χ4v) is 1.38. The van der Waals surface area contributed by atoms with E-state index >= 15 is 0 Å². The van der Waals surface area contributed by atoms with Gasteiger partial charge in [0.05, 0.1) is 12.2 Å². The normalized spacial score (nSPS) is 14.2. The molecule has 1 atom stereocenters. The van der Waals surface area contributed by atoms with Crippen LogP contribution in [0.2, 0.25) is 0 Å². The average Bonchev–Trinajstić information content (AvgIpc) is 2.15. The maximum absolute atomic E-state index is 5.70. The zero-order chi connectivity index (χ0) is 11.7. The Labute approximate surface area is 94.7 Å². The minimum atomic E-state index is -0.0709. The Morgan fingerprint density at radius 2 is 1.87 bits per heavy atom. The molecule has 0 aromatic rings. The Morgan fingerprint density at radius 3 is 2.33 bits per heavy atom. The van der Waals surface area contributed by atoms with E-state index in [9.17, 15) is 0 Å². The Bertz CT molecular complexity index is 143. The molecule has 0 saturated heterocycles. The second kappa shape index (κ2) is 8.08. The van der Waals surface area contributed by atoms with Gasteiger partial charge >= 0.3 is 0 Å². The minimum absolute atomic E-state index is 0.0709. The molecule has 1 unspecified atom stereocenters. The summed E-state index contributed by atoms with van der Waals surface area (Å²) in [4.78, 5) is 0. The van der Waals surface area contributed by atoms with E-state index in [-0.39, 0.29) is 5.60 Å². The topological polar surface area (TPSA) is 47.3 Å². The van der Waals surface area contributed by atoms with Gasteiger partial charge in [0, 0.05) is 6.04 Å². The summed E-state index contributed by atoms with van der Waals surface area (Å²) in [5, 5.41) is 0. The van der Waals surface area contributed by atoms with E-state index < -0.39 is 0 Å². The van der Waals surface area contributed by atoms with Crippen LogP contribution < -0.4 is 11.3 Å². The number of nitrogens with two attached hydrogens (primary N) is 1. The summed E-state index contributed by atoms with van der Waals surface area (Å²) < 4.78 is 5.70. The van der Waals surface area contributed by atoms with Crippen LogP contribution in [0.1, 0.15) is 59.8 Å². The maximum Gasteiger partial charge on any atom is 0.0640 e. The third-order valence-electron chi connectivity index (χ3n) is 2.36. The van der Waals surface area contributed by atoms with Gasteiger partial charge in [0.2, 0.25) is 0 Å². The van der Waals surface area contributed by atoms with Crippen molar-refractivity contribution in [3.05, 3.63) is 0 Å². The number of hydrazine groups is 1. The van der Waals surface area contributed by atoms with Crippen molar-refractivity contribution in [3.63, 3.8) is 0 Å². The van der Waals surface area contributed by atoms with Crippen molar-refractivity contribution < 1.29 is 4.74 Å². The van der Waals surface area contributed by atoms with Crippen LogP contribution >= 0.6 is 0 Å². The molecule has 0 radical (unpaired) electrons. The first-order valence-corrected chi connectivity index (χ1v) is 6.09. The van der Waals surface area contributed by atoms with E-state index in [4.69, 9.17) is 10.6 Å². The number of nitrogens with one attached hydrogen (secondary N) is 1. The Hall–Kier alpha value is -0.120. The lowest BCUT2D eigenvalue weighted by molar-refractivity contribution is -0.0156. The zero-order valence-corrected chi connectivity index (χ0v) is 10.8. The molecule has 0 aliphatic heterocycles. The van der Waals surface area contributed by atoms with E-state index in [2.05, 4.69) is 33.1 Å². The van der Waals surface area contributed by atoms with Crippen molar-refractivity contribution in [1.82, 2.24) is 5.43 Å². The summed E-state index contributed by atoms with van der Waals surface area (Å²) in [6.45, 7) is 9.13. The van der Waals surface area contributed by atoms with E-state index in [0.29, 0.717) is 12.6 Å². The van der Waals surface area contributed by atoms with Gasteiger partial charge < -0.3 is 4.74 Å². The van der Waals surface area contributed by atoms with Crippen LogP contribution in [0.4, 0.5) is 0 Å². The van der Waals surface area contributed by atoms with Crippen LogP contribution in [0.15, 0.2) is 0 Å². The van der Waals surface area contributed by atoms with Gasteiger partial charge in [0.25, 0.3) is 0 Å². The summed E-state index contributed by atoms with van der Waals surface area (Å²) in [6, 6.07) is 0.293. The summed E-state index contributed by atoms with van der Waals surface area (Å²) >= 11 is 0. The first kappa shape index (κ1) is 14.9. The van der Waals surface area contributed by atoms with Gasteiger partial charge in [-0.05, 0) is 27.2 Å². The lowest BCUT2D eigenvalue weighted by Crippen LogP contribution is -2.40. The molecule has 0 amide bonds. The van der Waals surface area contributed by atoms with Crippen LogP contribution in [-0.2, 0) is 4.74 Å². The third-order valence-corrected chi connectivity index (χ3v) is 2.36. The highest BCUT2D eigenvalue weighted by Crippen LogP contribution is 2.10. The Morgan fingerprint density at radius 1 is 1.20 bits per heavy atom. The van der Waals surface area contributed by atoms with Gasteiger partial charge in [0.1, 0.15) is 0 Å². The molecule has 3 heteroatoms. The first-order valence-electron chi connectivity index (χ1n) is 6.09. The molecular weight excluding hydrogens is 188 g/mol. The highest BCUT2D eigenvalue weighted by atomic mass is 16.5. The summed E-state index contributed by atoms with van der Waals surface area (Å²) in [6.07, 6.45) is 6.23. The number of rotatable bonds is 8. The van der Waals surface area contributed by atoms with Crippen molar-refractivity contribution in [1.29, 1.82) is 0 Å². The fourth-order valence-electron chi connectivity index (χ4n) is 1.38. The molecule has 3 nitrogen and oxygen atoms in total. The largest absolute Gasteiger partial charge is 0.374 e. The molecule has 3 N–H and O–H groups in total. The zero-order valence-electron chi connectivity index (χ0n) is 10.8. The van der Waals surface area contributed by atoms with Crippen LogP contribution in [0.25, 0.3) is 0 Å². The highest BCUT2D eigenvalue weighted by molar-refractivity contribution is 4.66. The molecule has 0 bridgehead atoms. The van der Waals surface area contributed by atoms with E-state index in [1.165, 1.54) is 25.7 Å². The quantitative estimate of drug-likeness (QED) is 0.372. The van der Waals surface area contributed by atoms with Crippen molar-refractivity contribution >= 4 is 0 Å². The van der Waals surface area contributed by atoms with Gasteiger partial charge in [-0.15, -0.1) is 0 Å². The van der Waals surface area contributed by atoms with E-state index in [1.54, 1.807) is 0 Å². The van der Waals surface area contributed by atoms with Gasteiger partial charge in [0.15, 0.2) is 0 Å². The summed E-state index contributed by atoms with van der Waals surface area (Å²) in [5.41, 5.74) is 2.76. The predicted molar refractivity (Wildman–Crippen MR) is 65.6 cm³/mol. The fraction of sp³-hybridized carbons (Fsp3) is 1.00. The van der Waals surface area contributed by atoms with Crippen LogP contribution in [-0.4, -0.2) is 18.2 Å². The minimum Gasteiger partial charge on any atom is -0.374 e. The molecule has 0 heterocycles. The first-order chi connectivity index (χ1) is 6.99. The number of unbranched alkanes of at least 4 members (excludes halogenated alkanes) is 3. The van der Waals surface area contributed by atoms with Gasteiger partial charge in [-0.25, -0.2) is 0 Å². The molecule has 92 valence electrons. The lowest BCUT2D eigenvalue weighted by atomic mass is 10.1. The number of hydrogen-bond acceptors (Lipinski definition) is 3. The Balaban J connectivity index is 3.55. The molecular formula is C12H28N2O. The molecule has 0 rings (SSSR count). The van der Waals surface area contributed by atoms with Crippen molar-refractivity contribution in [2.75, 3.05) is 6.61 Å². The molecule has 0 aliphatic carbocycles. The molecule has 0 aromatic heterocycles. The van der Waals surface area contributed by atoms with Crippen molar-refractivity contribution in [2.45, 2.75) is 71.4 Å². The summed E-state index contributed by atoms with van der Waals surface area (Å²) in [5.74, 6) is 5.49. The monoisotopic (exact) mass is 216 g/mol. The standard InChI is InChI=1S/C12H28N2O/c1-5-6-7-8-9-11(14-13)10-15-12(2,3)4/h11,14H,5-10,13H2,1-4H3. The van der Waals surface area contributed by atoms with E-state index in [1.807, 2.05) is 0 Å². The Kier molecular flexibility index (Phi) is 8.02. The van der Waals surface area contributed by atoms with Gasteiger partial charge in [-0.2, -0.15) is 0 Å². The van der Waals surface area contributed by atoms with E-state index in [0.717, 1.165) is 6.42 Å². The molecule has 0 spiro atoms. The second-order valence-corrected chi connectivity index (χ2v) is 5.14. The van der Waals surface area contributed by atoms with Crippen molar-refractivity contribution in [3.8, 4) is 0 Å². The SMILES string of the molecule is CCCCCCC(COC(C)(C)C)NN. The highest BCUT2D eigenvalue weighted by Gasteiger charge is 2.14. The molecule has 0 saturated carbocycles. The molecule has 0 fully saturated rings. The summed E-state index contributed by atoms with van der Waals surface area (Å²) in [7, 11) is 0. The average molecular weight is 216 g/mol. The molecule has 15 heavy (non-hydrogen) atoms. The number of ether oxygens (including phenoxy) is 1. The lowest BCUT2D eigenvalue weighted by Gasteiger charge is -2.24. The number of hydrogen-bond donors (Lipinski definition) is 2. The van der Waals surface area contributed by atoms with Gasteiger partial charge in [-0.1, -0.05) is 32.6 Å². The predicted octanol–water partition coefficient (Wildman–Crippen LogP) is 2.60. The molecule has 0 aliphatic rings. The van der Waals surface area contributed by atoms with Crippen LogP contribution in [0.3, 0.4) is 0 Å². The smallest absolute Gasteiger partial charge is 0.0640 e.